The van der Waals surface area contributed by atoms with Crippen LogP contribution in [0.5, 0.6) is 0 Å². The Bertz CT molecular complexity index is 2640. The molecule has 0 aliphatic carbocycles. The van der Waals surface area contributed by atoms with E-state index in [0.29, 0.717) is 5.95 Å². The minimum Gasteiger partial charge on any atom is -0.309 e. The van der Waals surface area contributed by atoms with E-state index in [4.69, 9.17) is 15.0 Å². The maximum Gasteiger partial charge on any atom is 0.237 e. The molecule has 0 spiro atoms. The maximum atomic E-state index is 5.28. The van der Waals surface area contributed by atoms with Gasteiger partial charge in [-0.05, 0) is 53.4 Å². The van der Waals surface area contributed by atoms with Crippen molar-refractivity contribution in [1.82, 2.24) is 19.5 Å². The van der Waals surface area contributed by atoms with Crippen LogP contribution in [0.1, 0.15) is 0 Å². The van der Waals surface area contributed by atoms with Crippen molar-refractivity contribution < 1.29 is 0 Å². The second-order valence-electron chi connectivity index (χ2n) is 11.7. The number of para-hydroxylation sites is 4. The Labute approximate surface area is 264 Å². The molecule has 10 rings (SSSR count). The number of hydrogen-bond acceptors (Lipinski definition) is 4. The summed E-state index contributed by atoms with van der Waals surface area (Å²) < 4.78 is 2.38. The van der Waals surface area contributed by atoms with E-state index in [0.717, 1.165) is 61.3 Å². The van der Waals surface area contributed by atoms with Crippen LogP contribution in [0.15, 0.2) is 152 Å². The SMILES string of the molecule is c1ccc(-c2nc(N3c4ccccc4-c4cc5c(c6ccnc3c46)c3ccccc3n5-c3ccccc3)nc3ccccc23)cc1. The molecule has 46 heavy (non-hydrogen) atoms. The molecule has 4 heterocycles. The highest BCUT2D eigenvalue weighted by Gasteiger charge is 2.31. The standard InChI is InChI=1S/C41H25N5/c1-3-13-26(14-4-1)39-29-18-7-10-20-33(29)43-41(44-39)46-34-21-11-8-17-28(34)32-25-36-37(31-23-24-42-40(46)38(31)32)30-19-9-12-22-35(30)45(36)27-15-5-2-6-16-27/h1-25H. The Morgan fingerprint density at radius 1 is 0.500 bits per heavy atom. The van der Waals surface area contributed by atoms with E-state index in [9.17, 15) is 0 Å². The van der Waals surface area contributed by atoms with Gasteiger partial charge in [0, 0.05) is 44.6 Å². The zero-order valence-corrected chi connectivity index (χ0v) is 24.7. The molecule has 3 aromatic heterocycles. The zero-order chi connectivity index (χ0) is 30.2. The fraction of sp³-hybridized carbons (Fsp3) is 0. The summed E-state index contributed by atoms with van der Waals surface area (Å²) in [5, 5.41) is 5.70. The van der Waals surface area contributed by atoms with Crippen LogP contribution in [0.2, 0.25) is 0 Å². The molecule has 0 unspecified atom stereocenters. The average molecular weight is 588 g/mol. The van der Waals surface area contributed by atoms with Gasteiger partial charge in [0.05, 0.1) is 27.9 Å². The predicted molar refractivity (Wildman–Crippen MR) is 188 cm³/mol. The molecule has 6 aromatic carbocycles. The Morgan fingerprint density at radius 3 is 2.09 bits per heavy atom. The van der Waals surface area contributed by atoms with Crippen LogP contribution in [0.25, 0.3) is 71.6 Å². The van der Waals surface area contributed by atoms with Crippen molar-refractivity contribution in [2.24, 2.45) is 0 Å². The largest absolute Gasteiger partial charge is 0.309 e. The average Bonchev–Trinajstić information content (AvgIpc) is 3.46. The lowest BCUT2D eigenvalue weighted by Crippen LogP contribution is -2.19. The molecular weight excluding hydrogens is 562 g/mol. The zero-order valence-electron chi connectivity index (χ0n) is 24.7. The summed E-state index contributed by atoms with van der Waals surface area (Å²) in [5.74, 6) is 1.43. The lowest BCUT2D eigenvalue weighted by atomic mass is 9.91. The summed E-state index contributed by atoms with van der Waals surface area (Å²) in [4.78, 5) is 17.7. The van der Waals surface area contributed by atoms with Crippen molar-refractivity contribution >= 4 is 60.9 Å². The van der Waals surface area contributed by atoms with Gasteiger partial charge in [-0.2, -0.15) is 0 Å². The van der Waals surface area contributed by atoms with Gasteiger partial charge in [-0.25, -0.2) is 15.0 Å². The van der Waals surface area contributed by atoms with E-state index in [1.165, 1.54) is 21.8 Å². The molecule has 0 bridgehead atoms. The van der Waals surface area contributed by atoms with Crippen LogP contribution >= 0.6 is 0 Å². The maximum absolute atomic E-state index is 5.28. The van der Waals surface area contributed by atoms with Crippen LogP contribution in [-0.2, 0) is 0 Å². The number of rotatable bonds is 3. The third kappa shape index (κ3) is 3.48. The molecule has 0 fully saturated rings. The minimum absolute atomic E-state index is 0.600. The second-order valence-corrected chi connectivity index (χ2v) is 11.7. The molecule has 214 valence electrons. The third-order valence-electron chi connectivity index (χ3n) is 9.16. The number of hydrogen-bond donors (Lipinski definition) is 0. The first kappa shape index (κ1) is 25.0. The Kier molecular flexibility index (Phi) is 5.22. The molecule has 0 saturated heterocycles. The van der Waals surface area contributed by atoms with Crippen LogP contribution < -0.4 is 4.90 Å². The van der Waals surface area contributed by atoms with Gasteiger partial charge in [-0.3, -0.25) is 4.90 Å². The van der Waals surface area contributed by atoms with E-state index in [2.05, 4.69) is 137 Å². The van der Waals surface area contributed by atoms with Gasteiger partial charge >= 0.3 is 0 Å². The van der Waals surface area contributed by atoms with E-state index >= 15 is 0 Å². The van der Waals surface area contributed by atoms with E-state index in [1.807, 2.05) is 24.4 Å². The Hall–Kier alpha value is -6.33. The highest BCUT2D eigenvalue weighted by atomic mass is 15.3. The van der Waals surface area contributed by atoms with Gasteiger partial charge in [-0.1, -0.05) is 103 Å². The summed E-state index contributed by atoms with van der Waals surface area (Å²) in [5.41, 5.74) is 9.61. The molecule has 5 nitrogen and oxygen atoms in total. The number of anilines is 3. The minimum atomic E-state index is 0.600. The fourth-order valence-electron chi connectivity index (χ4n) is 7.24. The lowest BCUT2D eigenvalue weighted by Gasteiger charge is -2.31. The van der Waals surface area contributed by atoms with Gasteiger partial charge < -0.3 is 4.57 Å². The highest BCUT2D eigenvalue weighted by Crippen LogP contribution is 2.52. The van der Waals surface area contributed by atoms with Crippen molar-refractivity contribution in [2.75, 3.05) is 4.90 Å². The molecular formula is C41H25N5. The molecule has 0 radical (unpaired) electrons. The first-order valence-electron chi connectivity index (χ1n) is 15.5. The van der Waals surface area contributed by atoms with Crippen molar-refractivity contribution in [1.29, 1.82) is 0 Å². The van der Waals surface area contributed by atoms with E-state index in [-0.39, 0.29) is 0 Å². The highest BCUT2D eigenvalue weighted by molar-refractivity contribution is 6.28. The summed E-state index contributed by atoms with van der Waals surface area (Å²) >= 11 is 0. The van der Waals surface area contributed by atoms with Crippen LogP contribution in [0, 0.1) is 0 Å². The molecule has 0 N–H and O–H groups in total. The lowest BCUT2D eigenvalue weighted by molar-refractivity contribution is 1.08. The summed E-state index contributed by atoms with van der Waals surface area (Å²) in [6, 6.07) is 51.0. The Balaban J connectivity index is 1.33. The number of aromatic nitrogens is 4. The van der Waals surface area contributed by atoms with Gasteiger partial charge in [0.25, 0.3) is 0 Å². The van der Waals surface area contributed by atoms with Crippen LogP contribution in [0.4, 0.5) is 17.5 Å². The first-order valence-corrected chi connectivity index (χ1v) is 15.5. The quantitative estimate of drug-likeness (QED) is 0.206. The van der Waals surface area contributed by atoms with E-state index < -0.39 is 0 Å². The fourth-order valence-corrected chi connectivity index (χ4v) is 7.24. The molecule has 0 amide bonds. The monoisotopic (exact) mass is 587 g/mol. The summed E-state index contributed by atoms with van der Waals surface area (Å²) in [7, 11) is 0. The number of benzene rings is 6. The molecule has 1 aliphatic heterocycles. The molecule has 9 aromatic rings. The molecule has 0 atom stereocenters. The summed E-state index contributed by atoms with van der Waals surface area (Å²) in [6.45, 7) is 0. The van der Waals surface area contributed by atoms with Gasteiger partial charge in [0.2, 0.25) is 5.95 Å². The Morgan fingerprint density at radius 2 is 1.22 bits per heavy atom. The van der Waals surface area contributed by atoms with Gasteiger partial charge in [-0.15, -0.1) is 0 Å². The van der Waals surface area contributed by atoms with Crippen molar-refractivity contribution in [3.05, 3.63) is 152 Å². The van der Waals surface area contributed by atoms with Crippen LogP contribution in [-0.4, -0.2) is 19.5 Å². The number of nitrogens with zero attached hydrogens (tertiary/aromatic N) is 5. The summed E-state index contributed by atoms with van der Waals surface area (Å²) in [6.07, 6.45) is 1.93. The van der Waals surface area contributed by atoms with Crippen LogP contribution in [0.3, 0.4) is 0 Å². The first-order chi connectivity index (χ1) is 22.8. The molecule has 0 saturated carbocycles. The molecule has 5 heteroatoms. The topological polar surface area (TPSA) is 46.8 Å². The van der Waals surface area contributed by atoms with Crippen molar-refractivity contribution in [2.45, 2.75) is 0 Å². The normalized spacial score (nSPS) is 12.3. The van der Waals surface area contributed by atoms with Gasteiger partial charge in [0.15, 0.2) is 0 Å². The molecule has 1 aliphatic rings. The van der Waals surface area contributed by atoms with Gasteiger partial charge in [0.1, 0.15) is 5.82 Å². The van der Waals surface area contributed by atoms with E-state index in [1.54, 1.807) is 0 Å². The van der Waals surface area contributed by atoms with Crippen molar-refractivity contribution in [3.63, 3.8) is 0 Å². The van der Waals surface area contributed by atoms with Crippen molar-refractivity contribution in [3.8, 4) is 28.1 Å². The second kappa shape index (κ2) is 9.58. The number of fused-ring (bicyclic) bond motifs is 7. The predicted octanol–water partition coefficient (Wildman–Crippen LogP) is 10.4. The third-order valence-corrected chi connectivity index (χ3v) is 9.16. The smallest absolute Gasteiger partial charge is 0.237 e. The number of pyridine rings is 1.